The second-order valence-electron chi connectivity index (χ2n) is 11.1. The molecule has 0 radical (unpaired) electrons. The van der Waals surface area contributed by atoms with Gasteiger partial charge < -0.3 is 24.2 Å². The first kappa shape index (κ1) is 26.7. The Hall–Kier alpha value is -5.19. The second-order valence-corrected chi connectivity index (χ2v) is 11.1. The average Bonchev–Trinajstić information content (AvgIpc) is 3.63. The summed E-state index contributed by atoms with van der Waals surface area (Å²) in [6.45, 7) is 2.40. The van der Waals surface area contributed by atoms with Crippen LogP contribution in [-0.2, 0) is 42.6 Å². The maximum atomic E-state index is 13.9. The molecule has 0 atom stereocenters. The molecular weight excluding hydrogens is 546 g/mol. The zero-order chi connectivity index (χ0) is 29.7. The van der Waals surface area contributed by atoms with Crippen molar-refractivity contribution in [2.75, 3.05) is 16.8 Å². The third-order valence-electron chi connectivity index (χ3n) is 8.32. The van der Waals surface area contributed by atoms with Crippen LogP contribution in [0.15, 0.2) is 59.9 Å². The van der Waals surface area contributed by atoms with E-state index in [0.29, 0.717) is 52.7 Å². The van der Waals surface area contributed by atoms with Crippen molar-refractivity contribution in [3.8, 4) is 11.1 Å². The van der Waals surface area contributed by atoms with Crippen LogP contribution in [0.1, 0.15) is 47.1 Å². The molecular formula is C32H31N7O4. The number of carbonyl (C=O) groups is 2. The fourth-order valence-electron chi connectivity index (χ4n) is 6.25. The zero-order valence-electron chi connectivity index (χ0n) is 24.0. The summed E-state index contributed by atoms with van der Waals surface area (Å²) in [6, 6.07) is 11.3. The van der Waals surface area contributed by atoms with Gasteiger partial charge in [-0.1, -0.05) is 0 Å². The van der Waals surface area contributed by atoms with Gasteiger partial charge in [0.2, 0.25) is 0 Å². The Morgan fingerprint density at radius 1 is 1.07 bits per heavy atom. The number of imidazole rings is 1. The minimum atomic E-state index is -0.441. The van der Waals surface area contributed by atoms with Crippen LogP contribution in [0.5, 0.6) is 0 Å². The maximum absolute atomic E-state index is 13.9. The number of hydrogen-bond acceptors (Lipinski definition) is 7. The molecule has 0 spiro atoms. The van der Waals surface area contributed by atoms with E-state index >= 15 is 0 Å². The number of amides is 1. The summed E-state index contributed by atoms with van der Waals surface area (Å²) in [5.74, 6) is -0.115. The van der Waals surface area contributed by atoms with E-state index in [1.54, 1.807) is 36.7 Å². The van der Waals surface area contributed by atoms with Crippen LogP contribution in [0, 0.1) is 0 Å². The van der Waals surface area contributed by atoms with Gasteiger partial charge >= 0.3 is 5.97 Å². The lowest BCUT2D eigenvalue weighted by atomic mass is 9.98. The van der Waals surface area contributed by atoms with E-state index in [9.17, 15) is 14.4 Å². The highest BCUT2D eigenvalue weighted by atomic mass is 16.5. The van der Waals surface area contributed by atoms with Crippen molar-refractivity contribution in [1.29, 1.82) is 0 Å². The van der Waals surface area contributed by atoms with Gasteiger partial charge in [0, 0.05) is 62.0 Å². The number of hydrogen-bond donors (Lipinski definition) is 2. The molecule has 1 amide bonds. The predicted molar refractivity (Wildman–Crippen MR) is 163 cm³/mol. The molecule has 11 heteroatoms. The third kappa shape index (κ3) is 4.76. The molecule has 7 rings (SSSR count). The smallest absolute Gasteiger partial charge is 0.302 e. The topological polar surface area (TPSA) is 127 Å². The first-order chi connectivity index (χ1) is 20.9. The van der Waals surface area contributed by atoms with Crippen LogP contribution in [0.4, 0.5) is 17.2 Å². The van der Waals surface area contributed by atoms with E-state index < -0.39 is 5.97 Å². The van der Waals surface area contributed by atoms with Gasteiger partial charge in [0.1, 0.15) is 23.8 Å². The largest absolute Gasteiger partial charge is 0.461 e. The number of benzene rings is 1. The van der Waals surface area contributed by atoms with Crippen molar-refractivity contribution < 1.29 is 14.3 Å². The number of anilines is 3. The number of aryl methyl sites for hydroxylation is 2. The maximum Gasteiger partial charge on any atom is 0.302 e. The lowest BCUT2D eigenvalue weighted by molar-refractivity contribution is -0.142. The van der Waals surface area contributed by atoms with E-state index in [1.807, 2.05) is 30.3 Å². The Morgan fingerprint density at radius 2 is 1.93 bits per heavy atom. The second kappa shape index (κ2) is 10.6. The number of aromatic nitrogens is 5. The molecule has 5 aromatic rings. The summed E-state index contributed by atoms with van der Waals surface area (Å²) < 4.78 is 9.15. The molecule has 2 aliphatic rings. The molecule has 0 saturated carbocycles. The van der Waals surface area contributed by atoms with Gasteiger partial charge in [-0.15, -0.1) is 0 Å². The van der Waals surface area contributed by atoms with Crippen molar-refractivity contribution in [3.05, 3.63) is 88.0 Å². The number of esters is 1. The normalized spacial score (nSPS) is 14.5. The third-order valence-corrected chi connectivity index (χ3v) is 8.32. The molecule has 4 aromatic heterocycles. The van der Waals surface area contributed by atoms with E-state index in [4.69, 9.17) is 4.74 Å². The van der Waals surface area contributed by atoms with Crippen LogP contribution in [0.25, 0.3) is 22.2 Å². The van der Waals surface area contributed by atoms with Gasteiger partial charge in [0.15, 0.2) is 0 Å². The quantitative estimate of drug-likeness (QED) is 0.285. The van der Waals surface area contributed by atoms with Crippen molar-refractivity contribution in [2.45, 2.75) is 45.8 Å². The van der Waals surface area contributed by atoms with Crippen LogP contribution in [-0.4, -0.2) is 42.5 Å². The summed E-state index contributed by atoms with van der Waals surface area (Å²) in [5.41, 5.74) is 7.76. The van der Waals surface area contributed by atoms with Crippen LogP contribution >= 0.6 is 0 Å². The van der Waals surface area contributed by atoms with Crippen LogP contribution in [0.3, 0.4) is 0 Å². The van der Waals surface area contributed by atoms with Crippen molar-refractivity contribution >= 4 is 40.1 Å². The number of rotatable bonds is 6. The van der Waals surface area contributed by atoms with E-state index in [-0.39, 0.29) is 18.1 Å². The fraction of sp³-hybridized carbons (Fsp3) is 0.281. The van der Waals surface area contributed by atoms with Crippen molar-refractivity contribution in [3.63, 3.8) is 0 Å². The summed E-state index contributed by atoms with van der Waals surface area (Å²) in [6.07, 6.45) is 9.27. The fourth-order valence-corrected chi connectivity index (χ4v) is 6.25. The van der Waals surface area contributed by atoms with Gasteiger partial charge in [-0.3, -0.25) is 19.3 Å². The summed E-state index contributed by atoms with van der Waals surface area (Å²) in [5, 5.41) is 3.24. The molecule has 1 aliphatic carbocycles. The number of pyridine rings is 2. The number of fused-ring (bicyclic) bond motifs is 4. The average molecular weight is 578 g/mol. The standard InChI is InChI=1S/C32H31N7O4/c1-19(40)43-17-24-23(21-13-27(31(41)37(2)16-21)36-22-7-8-25-26(15-22)35-18-34-25)9-10-33-30(24)39-12-11-38-28-6-4-3-5-20(28)14-29(38)32(39)42/h7-10,13-16,18,36H,3-6,11-12,17H2,1-2H3,(H,34,35). The summed E-state index contributed by atoms with van der Waals surface area (Å²) >= 11 is 0. The molecule has 2 N–H and O–H groups in total. The van der Waals surface area contributed by atoms with E-state index in [2.05, 4.69) is 24.8 Å². The number of nitrogens with one attached hydrogen (secondary N) is 2. The molecule has 43 heavy (non-hydrogen) atoms. The predicted octanol–water partition coefficient (Wildman–Crippen LogP) is 4.47. The minimum Gasteiger partial charge on any atom is -0.461 e. The molecule has 5 heterocycles. The highest BCUT2D eigenvalue weighted by Crippen LogP contribution is 2.35. The monoisotopic (exact) mass is 577 g/mol. The van der Waals surface area contributed by atoms with Gasteiger partial charge in [-0.25, -0.2) is 9.97 Å². The number of carbonyl (C=O) groups excluding carboxylic acids is 2. The Bertz CT molecular complexity index is 1970. The van der Waals surface area contributed by atoms with Gasteiger partial charge in [-0.05, 0) is 73.2 Å². The number of ether oxygens (including phenoxy) is 1. The summed E-state index contributed by atoms with van der Waals surface area (Å²) in [7, 11) is 1.69. The van der Waals surface area contributed by atoms with Crippen molar-refractivity contribution in [2.24, 2.45) is 7.05 Å². The lowest BCUT2D eigenvalue weighted by Gasteiger charge is -2.31. The van der Waals surface area contributed by atoms with Crippen LogP contribution in [0.2, 0.25) is 0 Å². The Labute approximate surface area is 247 Å². The Morgan fingerprint density at radius 3 is 2.79 bits per heavy atom. The number of nitrogens with zero attached hydrogens (tertiary/aromatic N) is 5. The molecule has 1 aromatic carbocycles. The van der Waals surface area contributed by atoms with Crippen molar-refractivity contribution in [1.82, 2.24) is 24.1 Å². The summed E-state index contributed by atoms with van der Waals surface area (Å²) in [4.78, 5) is 52.7. The highest BCUT2D eigenvalue weighted by Gasteiger charge is 2.32. The highest BCUT2D eigenvalue weighted by molar-refractivity contribution is 6.06. The molecule has 0 bridgehead atoms. The van der Waals surface area contributed by atoms with Crippen LogP contribution < -0.4 is 15.8 Å². The molecule has 0 saturated heterocycles. The van der Waals surface area contributed by atoms with Gasteiger partial charge in [0.25, 0.3) is 11.5 Å². The first-order valence-electron chi connectivity index (χ1n) is 14.4. The number of H-pyrrole nitrogens is 1. The van der Waals surface area contributed by atoms with Gasteiger partial charge in [-0.2, -0.15) is 0 Å². The van der Waals surface area contributed by atoms with E-state index in [0.717, 1.165) is 36.7 Å². The Kier molecular flexibility index (Phi) is 6.56. The molecule has 218 valence electrons. The molecule has 11 nitrogen and oxygen atoms in total. The SMILES string of the molecule is CC(=O)OCc1c(-c2cc(Nc3ccc4[nH]cnc4c3)c(=O)n(C)c2)ccnc1N1CCn2c(cc3c2CCCC3)C1=O. The lowest BCUT2D eigenvalue weighted by Crippen LogP contribution is -2.41. The van der Waals surface area contributed by atoms with Gasteiger partial charge in [0.05, 0.1) is 17.4 Å². The molecule has 0 fully saturated rings. The molecule has 1 aliphatic heterocycles. The Balaban J connectivity index is 1.29. The minimum absolute atomic E-state index is 0.0729. The molecule has 0 unspecified atom stereocenters. The number of aromatic amines is 1. The zero-order valence-corrected chi connectivity index (χ0v) is 24.0. The van der Waals surface area contributed by atoms with E-state index in [1.165, 1.54) is 22.7 Å². The first-order valence-corrected chi connectivity index (χ1v) is 14.4.